The van der Waals surface area contributed by atoms with Gasteiger partial charge in [-0.3, -0.25) is 0 Å². The average Bonchev–Trinajstić information content (AvgIpc) is 2.56. The summed E-state index contributed by atoms with van der Waals surface area (Å²) in [6.45, 7) is 0.694. The monoisotopic (exact) mass is 314 g/mol. The van der Waals surface area contributed by atoms with Crippen molar-refractivity contribution in [3.8, 4) is 11.5 Å². The Balaban J connectivity index is 1.65. The van der Waals surface area contributed by atoms with Crippen molar-refractivity contribution < 1.29 is 9.47 Å². The van der Waals surface area contributed by atoms with Crippen molar-refractivity contribution in [3.05, 3.63) is 54.1 Å². The number of methoxy groups -OCH3 is 1. The lowest BCUT2D eigenvalue weighted by molar-refractivity contribution is 0.262. The Kier molecular flexibility index (Phi) is 4.44. The van der Waals surface area contributed by atoms with E-state index in [1.54, 1.807) is 7.11 Å². The fraction of sp³-hybridized carbons (Fsp3) is 0.235. The molecule has 0 saturated heterocycles. The fourth-order valence-corrected chi connectivity index (χ4v) is 2.75. The van der Waals surface area contributed by atoms with Gasteiger partial charge in [0, 0.05) is 17.7 Å². The number of benzene rings is 2. The molecule has 0 spiro atoms. The first kappa shape index (κ1) is 14.7. The maximum absolute atomic E-state index is 5.66. The lowest BCUT2D eigenvalue weighted by atomic mass is 10.0. The van der Waals surface area contributed by atoms with Gasteiger partial charge in [0.15, 0.2) is 5.11 Å². The number of thiocarbonyl (C=S) groups is 1. The average molecular weight is 314 g/mol. The van der Waals surface area contributed by atoms with Crippen LogP contribution in [-0.4, -0.2) is 18.8 Å². The molecule has 4 nitrogen and oxygen atoms in total. The highest BCUT2D eigenvalue weighted by Gasteiger charge is 2.21. The molecule has 0 bridgehead atoms. The molecule has 114 valence electrons. The molecule has 1 aliphatic heterocycles. The van der Waals surface area contributed by atoms with Crippen LogP contribution in [0.5, 0.6) is 11.5 Å². The van der Waals surface area contributed by atoms with E-state index in [0.717, 1.165) is 29.2 Å². The number of fused-ring (bicyclic) bond motifs is 1. The van der Waals surface area contributed by atoms with Gasteiger partial charge in [0.2, 0.25) is 0 Å². The number of hydrogen-bond acceptors (Lipinski definition) is 3. The van der Waals surface area contributed by atoms with Crippen molar-refractivity contribution in [3.63, 3.8) is 0 Å². The molecule has 1 heterocycles. The van der Waals surface area contributed by atoms with Crippen LogP contribution in [0.25, 0.3) is 0 Å². The molecule has 0 aromatic heterocycles. The Morgan fingerprint density at radius 1 is 1.18 bits per heavy atom. The summed E-state index contributed by atoms with van der Waals surface area (Å²) >= 11 is 5.41. The number of anilines is 1. The molecule has 0 unspecified atom stereocenters. The van der Waals surface area contributed by atoms with E-state index in [9.17, 15) is 0 Å². The molecule has 1 aliphatic rings. The summed E-state index contributed by atoms with van der Waals surface area (Å²) in [5.41, 5.74) is 2.08. The van der Waals surface area contributed by atoms with E-state index in [4.69, 9.17) is 21.7 Å². The Bertz CT molecular complexity index is 658. The van der Waals surface area contributed by atoms with Gasteiger partial charge in [-0.2, -0.15) is 0 Å². The minimum Gasteiger partial charge on any atom is -0.497 e. The molecule has 22 heavy (non-hydrogen) atoms. The van der Waals surface area contributed by atoms with Gasteiger partial charge in [-0.05, 0) is 42.5 Å². The van der Waals surface area contributed by atoms with E-state index in [1.807, 2.05) is 42.5 Å². The molecule has 1 atom stereocenters. The highest BCUT2D eigenvalue weighted by Crippen LogP contribution is 2.31. The molecule has 0 saturated carbocycles. The maximum Gasteiger partial charge on any atom is 0.171 e. The molecule has 0 amide bonds. The maximum atomic E-state index is 5.66. The molecule has 0 aliphatic carbocycles. The fourth-order valence-electron chi connectivity index (χ4n) is 2.49. The number of ether oxygens (including phenoxy) is 2. The van der Waals surface area contributed by atoms with Crippen LogP contribution in [-0.2, 0) is 0 Å². The van der Waals surface area contributed by atoms with Crippen LogP contribution < -0.4 is 20.1 Å². The van der Waals surface area contributed by atoms with E-state index < -0.39 is 0 Å². The van der Waals surface area contributed by atoms with Gasteiger partial charge in [0.05, 0.1) is 19.8 Å². The third-order valence-corrected chi connectivity index (χ3v) is 3.83. The van der Waals surface area contributed by atoms with Gasteiger partial charge < -0.3 is 20.1 Å². The predicted octanol–water partition coefficient (Wildman–Crippen LogP) is 3.51. The third kappa shape index (κ3) is 3.31. The Morgan fingerprint density at radius 3 is 2.73 bits per heavy atom. The largest absolute Gasteiger partial charge is 0.497 e. The van der Waals surface area contributed by atoms with E-state index in [2.05, 4.69) is 16.7 Å². The molecule has 2 aromatic carbocycles. The van der Waals surface area contributed by atoms with Crippen LogP contribution in [0.3, 0.4) is 0 Å². The summed E-state index contributed by atoms with van der Waals surface area (Å²) < 4.78 is 10.8. The summed E-state index contributed by atoms with van der Waals surface area (Å²) in [4.78, 5) is 0. The van der Waals surface area contributed by atoms with E-state index >= 15 is 0 Å². The number of hydrogen-bond donors (Lipinski definition) is 2. The third-order valence-electron chi connectivity index (χ3n) is 3.61. The topological polar surface area (TPSA) is 42.5 Å². The Morgan fingerprint density at radius 2 is 1.95 bits per heavy atom. The lowest BCUT2D eigenvalue weighted by Crippen LogP contribution is -2.35. The van der Waals surface area contributed by atoms with Crippen LogP contribution >= 0.6 is 12.2 Å². The van der Waals surface area contributed by atoms with Crippen LogP contribution in [0, 0.1) is 0 Å². The molecular formula is C17H18N2O2S. The van der Waals surface area contributed by atoms with E-state index in [0.29, 0.717) is 11.7 Å². The zero-order valence-electron chi connectivity index (χ0n) is 12.3. The van der Waals surface area contributed by atoms with Gasteiger partial charge >= 0.3 is 0 Å². The van der Waals surface area contributed by atoms with Gasteiger partial charge in [-0.1, -0.05) is 18.2 Å². The number of para-hydroxylation sites is 1. The lowest BCUT2D eigenvalue weighted by Gasteiger charge is -2.27. The van der Waals surface area contributed by atoms with Crippen molar-refractivity contribution in [1.29, 1.82) is 0 Å². The predicted molar refractivity (Wildman–Crippen MR) is 91.6 cm³/mol. The Hall–Kier alpha value is -2.27. The van der Waals surface area contributed by atoms with Crippen molar-refractivity contribution in [2.75, 3.05) is 19.0 Å². The zero-order valence-corrected chi connectivity index (χ0v) is 13.2. The molecule has 0 fully saturated rings. The van der Waals surface area contributed by atoms with Gasteiger partial charge in [0.1, 0.15) is 11.5 Å². The van der Waals surface area contributed by atoms with Gasteiger partial charge in [0.25, 0.3) is 0 Å². The molecule has 3 rings (SSSR count). The van der Waals surface area contributed by atoms with Crippen molar-refractivity contribution in [2.45, 2.75) is 12.5 Å². The number of rotatable bonds is 3. The summed E-state index contributed by atoms with van der Waals surface area (Å²) in [5.74, 6) is 1.75. The van der Waals surface area contributed by atoms with E-state index in [-0.39, 0.29) is 6.04 Å². The minimum absolute atomic E-state index is 0.170. The first-order valence-electron chi connectivity index (χ1n) is 7.19. The quantitative estimate of drug-likeness (QED) is 0.849. The van der Waals surface area contributed by atoms with Crippen molar-refractivity contribution >= 4 is 23.0 Å². The second kappa shape index (κ2) is 6.66. The minimum atomic E-state index is 0.170. The highest BCUT2D eigenvalue weighted by molar-refractivity contribution is 7.80. The van der Waals surface area contributed by atoms with Crippen LogP contribution in [0.1, 0.15) is 18.0 Å². The van der Waals surface area contributed by atoms with Crippen LogP contribution in [0.4, 0.5) is 5.69 Å². The first-order valence-corrected chi connectivity index (χ1v) is 7.60. The zero-order chi connectivity index (χ0) is 15.4. The van der Waals surface area contributed by atoms with Crippen molar-refractivity contribution in [1.82, 2.24) is 5.32 Å². The summed E-state index contributed by atoms with van der Waals surface area (Å²) in [5, 5.41) is 7.16. The van der Waals surface area contributed by atoms with Crippen LogP contribution in [0.15, 0.2) is 48.5 Å². The van der Waals surface area contributed by atoms with Crippen molar-refractivity contribution in [2.24, 2.45) is 0 Å². The smallest absolute Gasteiger partial charge is 0.171 e. The summed E-state index contributed by atoms with van der Waals surface area (Å²) in [6, 6.07) is 15.9. The normalized spacial score (nSPS) is 16.1. The summed E-state index contributed by atoms with van der Waals surface area (Å²) in [6.07, 6.45) is 0.890. The standard InChI is InChI=1S/C17H18N2O2S/c1-20-13-8-6-12(7-9-13)18-17(22)19-15-10-11-21-16-5-3-2-4-14(15)16/h2-9,15H,10-11H2,1H3,(H2,18,19,22)/t15-/m1/s1. The molecule has 2 N–H and O–H groups in total. The molecule has 2 aromatic rings. The van der Waals surface area contributed by atoms with E-state index in [1.165, 1.54) is 0 Å². The second-order valence-corrected chi connectivity index (χ2v) is 5.46. The second-order valence-electron chi connectivity index (χ2n) is 5.05. The summed E-state index contributed by atoms with van der Waals surface area (Å²) in [7, 11) is 1.65. The SMILES string of the molecule is COc1ccc(NC(=S)N[C@@H]2CCOc3ccccc32)cc1. The number of nitrogens with one attached hydrogen (secondary N) is 2. The molecule has 5 heteroatoms. The van der Waals surface area contributed by atoms with Gasteiger partial charge in [-0.25, -0.2) is 0 Å². The van der Waals surface area contributed by atoms with Gasteiger partial charge in [-0.15, -0.1) is 0 Å². The highest BCUT2D eigenvalue weighted by atomic mass is 32.1. The molecule has 0 radical (unpaired) electrons. The first-order chi connectivity index (χ1) is 10.8. The Labute approximate surface area is 135 Å². The molecular weight excluding hydrogens is 296 g/mol. The van der Waals surface area contributed by atoms with Crippen LogP contribution in [0.2, 0.25) is 0 Å².